The molecule has 3 nitrogen and oxygen atoms in total. The Labute approximate surface area is 303 Å². The minimum Gasteiger partial charge on any atom is -0.456 e. The molecule has 3 aromatic heterocycles. The van der Waals surface area contributed by atoms with Crippen LogP contribution in [0.1, 0.15) is 0 Å². The highest BCUT2D eigenvalue weighted by molar-refractivity contribution is 7.26. The second-order valence-electron chi connectivity index (χ2n) is 13.3. The summed E-state index contributed by atoms with van der Waals surface area (Å²) in [6.45, 7) is 0. The SMILES string of the molecule is c1ccc(-c2ccc(N(c3ccc4c(c3)oc3cc(-c5ccccc5)ccc34)c3cc4sc5ccccc5c4c4oc5ccccc5c34)cc2)cc1. The first kappa shape index (κ1) is 29.1. The van der Waals surface area contributed by atoms with Crippen molar-refractivity contribution >= 4 is 92.4 Å². The summed E-state index contributed by atoms with van der Waals surface area (Å²) in [5.74, 6) is 0. The molecule has 0 bridgehead atoms. The Morgan fingerprint density at radius 3 is 1.75 bits per heavy atom. The van der Waals surface area contributed by atoms with Gasteiger partial charge in [-0.15, -0.1) is 11.3 Å². The Balaban J connectivity index is 1.17. The van der Waals surface area contributed by atoms with E-state index in [2.05, 4.69) is 169 Å². The van der Waals surface area contributed by atoms with Crippen molar-refractivity contribution in [2.75, 3.05) is 4.90 Å². The van der Waals surface area contributed by atoms with Crippen molar-refractivity contribution in [2.24, 2.45) is 0 Å². The lowest BCUT2D eigenvalue weighted by atomic mass is 10.0. The van der Waals surface area contributed by atoms with Gasteiger partial charge in [-0.05, 0) is 76.9 Å². The lowest BCUT2D eigenvalue weighted by Gasteiger charge is -2.26. The van der Waals surface area contributed by atoms with Gasteiger partial charge in [-0.3, -0.25) is 0 Å². The van der Waals surface area contributed by atoms with E-state index in [1.54, 1.807) is 0 Å². The molecule has 244 valence electrons. The Bertz CT molecular complexity index is 3120. The number of rotatable bonds is 5. The van der Waals surface area contributed by atoms with Crippen molar-refractivity contribution in [3.8, 4) is 22.3 Å². The van der Waals surface area contributed by atoms with Crippen LogP contribution in [0, 0.1) is 0 Å². The molecule has 3 heterocycles. The largest absolute Gasteiger partial charge is 0.456 e. The van der Waals surface area contributed by atoms with Gasteiger partial charge in [0.25, 0.3) is 0 Å². The number of para-hydroxylation sites is 1. The minimum atomic E-state index is 0.847. The molecular formula is C48H29NO2S. The zero-order chi connectivity index (χ0) is 34.2. The molecule has 4 heteroatoms. The summed E-state index contributed by atoms with van der Waals surface area (Å²) >= 11 is 1.81. The molecule has 0 aliphatic carbocycles. The Morgan fingerprint density at radius 1 is 0.365 bits per heavy atom. The summed E-state index contributed by atoms with van der Waals surface area (Å²) < 4.78 is 15.9. The molecule has 11 aromatic rings. The maximum Gasteiger partial charge on any atom is 0.146 e. The van der Waals surface area contributed by atoms with Crippen LogP contribution in [0.15, 0.2) is 185 Å². The van der Waals surface area contributed by atoms with E-state index in [-0.39, 0.29) is 0 Å². The van der Waals surface area contributed by atoms with Gasteiger partial charge in [0.1, 0.15) is 22.3 Å². The molecule has 0 saturated heterocycles. The number of hydrogen-bond acceptors (Lipinski definition) is 4. The van der Waals surface area contributed by atoms with E-state index in [9.17, 15) is 0 Å². The zero-order valence-corrected chi connectivity index (χ0v) is 28.7. The van der Waals surface area contributed by atoms with Crippen molar-refractivity contribution in [1.82, 2.24) is 0 Å². The number of fused-ring (bicyclic) bond motifs is 10. The van der Waals surface area contributed by atoms with Gasteiger partial charge >= 0.3 is 0 Å². The van der Waals surface area contributed by atoms with Gasteiger partial charge in [0.2, 0.25) is 0 Å². The molecule has 0 aliphatic rings. The summed E-state index contributed by atoms with van der Waals surface area (Å²) in [5.41, 5.74) is 11.3. The van der Waals surface area contributed by atoms with Crippen molar-refractivity contribution in [2.45, 2.75) is 0 Å². The number of thiophene rings is 1. The van der Waals surface area contributed by atoms with Crippen LogP contribution in [-0.4, -0.2) is 0 Å². The van der Waals surface area contributed by atoms with Crippen molar-refractivity contribution in [3.05, 3.63) is 176 Å². The fourth-order valence-electron chi connectivity index (χ4n) is 7.82. The van der Waals surface area contributed by atoms with E-state index >= 15 is 0 Å². The van der Waals surface area contributed by atoms with Crippen LogP contribution in [0.25, 0.3) is 86.3 Å². The van der Waals surface area contributed by atoms with Gasteiger partial charge in [0.15, 0.2) is 0 Å². The predicted octanol–water partition coefficient (Wildman–Crippen LogP) is 14.7. The Kier molecular flexibility index (Phi) is 6.42. The highest BCUT2D eigenvalue weighted by atomic mass is 32.1. The first-order valence-electron chi connectivity index (χ1n) is 17.5. The van der Waals surface area contributed by atoms with Crippen LogP contribution in [0.5, 0.6) is 0 Å². The van der Waals surface area contributed by atoms with E-state index in [4.69, 9.17) is 8.83 Å². The third kappa shape index (κ3) is 4.51. The molecule has 11 rings (SSSR count). The predicted molar refractivity (Wildman–Crippen MR) is 219 cm³/mol. The average Bonchev–Trinajstić information content (AvgIpc) is 3.89. The van der Waals surface area contributed by atoms with Gasteiger partial charge in [-0.1, -0.05) is 115 Å². The summed E-state index contributed by atoms with van der Waals surface area (Å²) in [7, 11) is 0. The van der Waals surface area contributed by atoms with Crippen LogP contribution in [0.2, 0.25) is 0 Å². The van der Waals surface area contributed by atoms with Crippen LogP contribution in [-0.2, 0) is 0 Å². The van der Waals surface area contributed by atoms with Crippen molar-refractivity contribution < 1.29 is 8.83 Å². The monoisotopic (exact) mass is 683 g/mol. The maximum atomic E-state index is 6.79. The molecule has 0 unspecified atom stereocenters. The van der Waals surface area contributed by atoms with E-state index in [0.29, 0.717) is 0 Å². The summed E-state index contributed by atoms with van der Waals surface area (Å²) in [4.78, 5) is 2.37. The molecule has 0 atom stereocenters. The molecule has 0 amide bonds. The number of benzene rings is 8. The highest BCUT2D eigenvalue weighted by Crippen LogP contribution is 2.50. The number of nitrogens with zero attached hydrogens (tertiary/aromatic N) is 1. The number of furan rings is 2. The van der Waals surface area contributed by atoms with Crippen molar-refractivity contribution in [1.29, 1.82) is 0 Å². The molecule has 8 aromatic carbocycles. The first-order valence-corrected chi connectivity index (χ1v) is 18.3. The summed E-state index contributed by atoms with van der Waals surface area (Å²) in [5, 5.41) is 6.77. The van der Waals surface area contributed by atoms with Crippen LogP contribution in [0.3, 0.4) is 0 Å². The number of hydrogen-bond donors (Lipinski definition) is 0. The van der Waals surface area contributed by atoms with Gasteiger partial charge in [-0.2, -0.15) is 0 Å². The first-order chi connectivity index (χ1) is 25.8. The Morgan fingerprint density at radius 2 is 0.962 bits per heavy atom. The lowest BCUT2D eigenvalue weighted by Crippen LogP contribution is -2.10. The lowest BCUT2D eigenvalue weighted by molar-refractivity contribution is 0.669. The smallest absolute Gasteiger partial charge is 0.146 e. The second-order valence-corrected chi connectivity index (χ2v) is 14.4. The molecule has 0 N–H and O–H groups in total. The topological polar surface area (TPSA) is 29.5 Å². The van der Waals surface area contributed by atoms with Crippen molar-refractivity contribution in [3.63, 3.8) is 0 Å². The fraction of sp³-hybridized carbons (Fsp3) is 0. The van der Waals surface area contributed by atoms with Gasteiger partial charge < -0.3 is 13.7 Å². The van der Waals surface area contributed by atoms with Gasteiger partial charge in [0.05, 0.1) is 11.1 Å². The fourth-order valence-corrected chi connectivity index (χ4v) is 8.96. The third-order valence-corrected chi connectivity index (χ3v) is 11.4. The highest BCUT2D eigenvalue weighted by Gasteiger charge is 2.24. The summed E-state index contributed by atoms with van der Waals surface area (Å²) in [6, 6.07) is 62.4. The molecule has 0 spiro atoms. The quantitative estimate of drug-likeness (QED) is 0.181. The molecule has 0 radical (unpaired) electrons. The molecule has 0 aliphatic heterocycles. The van der Waals surface area contributed by atoms with Gasteiger partial charge in [0, 0.05) is 53.8 Å². The number of anilines is 3. The van der Waals surface area contributed by atoms with Crippen LogP contribution >= 0.6 is 11.3 Å². The normalized spacial score (nSPS) is 11.8. The summed E-state index contributed by atoms with van der Waals surface area (Å²) in [6.07, 6.45) is 0. The van der Waals surface area contributed by atoms with Gasteiger partial charge in [-0.25, -0.2) is 0 Å². The molecular weight excluding hydrogens is 655 g/mol. The van der Waals surface area contributed by atoms with Crippen LogP contribution in [0.4, 0.5) is 17.1 Å². The van der Waals surface area contributed by atoms with E-state index in [0.717, 1.165) is 71.9 Å². The van der Waals surface area contributed by atoms with E-state index in [1.165, 1.54) is 31.5 Å². The molecule has 0 fully saturated rings. The minimum absolute atomic E-state index is 0.847. The third-order valence-electron chi connectivity index (χ3n) is 10.3. The molecule has 52 heavy (non-hydrogen) atoms. The standard InChI is InChI=1S/C48H29NO2S/c1-3-11-30(12-4-1)32-19-22-34(23-20-32)49(35-24-26-37-36-25-21-33(31-13-5-2-6-14-31)27-42(36)50-43(37)28-35)40-29-45-47(39-16-8-10-18-44(39)52-45)48-46(40)38-15-7-9-17-41(38)51-48/h1-29H. The van der Waals surface area contributed by atoms with E-state index < -0.39 is 0 Å². The Hall–Kier alpha value is -6.62. The zero-order valence-electron chi connectivity index (χ0n) is 27.9. The average molecular weight is 684 g/mol. The maximum absolute atomic E-state index is 6.79. The van der Waals surface area contributed by atoms with Crippen LogP contribution < -0.4 is 4.90 Å². The molecule has 0 saturated carbocycles. The van der Waals surface area contributed by atoms with E-state index in [1.807, 2.05) is 23.5 Å². The second kappa shape index (κ2) is 11.5.